The Balaban J connectivity index is 1.85. The van der Waals surface area contributed by atoms with Crippen molar-refractivity contribution in [2.24, 2.45) is 0 Å². The van der Waals surface area contributed by atoms with Gasteiger partial charge >= 0.3 is 5.97 Å². The maximum Gasteiger partial charge on any atom is 0.305 e. The molecule has 27 heavy (non-hydrogen) atoms. The molecule has 0 aliphatic carbocycles. The van der Waals surface area contributed by atoms with Crippen molar-refractivity contribution in [1.82, 2.24) is 0 Å². The average molecular weight is 389 g/mol. The minimum absolute atomic E-state index is 0.146. The smallest absolute Gasteiger partial charge is 0.305 e. The van der Waals surface area contributed by atoms with Crippen LogP contribution in [0.2, 0.25) is 0 Å². The molecule has 0 amide bonds. The second kappa shape index (κ2) is 15.3. The first kappa shape index (κ1) is 24.3. The van der Waals surface area contributed by atoms with Crippen LogP contribution in [-0.4, -0.2) is 52.5 Å². The van der Waals surface area contributed by atoms with Crippen LogP contribution in [0.4, 0.5) is 0 Å². The Labute approximate surface area is 164 Å². The highest BCUT2D eigenvalue weighted by Gasteiger charge is 2.42. The van der Waals surface area contributed by atoms with E-state index in [1.807, 2.05) is 0 Å². The van der Waals surface area contributed by atoms with Crippen LogP contribution >= 0.6 is 0 Å². The van der Waals surface area contributed by atoms with Gasteiger partial charge < -0.3 is 24.8 Å². The molecule has 1 fully saturated rings. The summed E-state index contributed by atoms with van der Waals surface area (Å²) in [5.74, 6) is -0.329. The zero-order valence-electron chi connectivity index (χ0n) is 17.0. The highest BCUT2D eigenvalue weighted by molar-refractivity contribution is 5.69. The Morgan fingerprint density at radius 3 is 1.70 bits per heavy atom. The van der Waals surface area contributed by atoms with Gasteiger partial charge in [0.2, 0.25) is 0 Å². The number of carbonyl (C=O) groups excluding carboxylic acids is 1. The standard InChI is InChI=1S/C21H40O6/c1-2-3-4-5-6-7-8-9-10-11-12-13-14-15-18(22)26-16-17-19(23)20(24)21(25)27-17/h17,19-21,23-25H,2-16H2,1H3/t17-,19-,20+,21+/m1/s1. The third-order valence-electron chi connectivity index (χ3n) is 5.23. The molecular weight excluding hydrogens is 348 g/mol. The second-order valence-electron chi connectivity index (χ2n) is 7.72. The van der Waals surface area contributed by atoms with Gasteiger partial charge in [-0.25, -0.2) is 0 Å². The van der Waals surface area contributed by atoms with Crippen molar-refractivity contribution in [2.45, 2.75) is 121 Å². The fraction of sp³-hybridized carbons (Fsp3) is 0.952. The molecule has 0 aromatic rings. The van der Waals surface area contributed by atoms with Crippen molar-refractivity contribution in [2.75, 3.05) is 6.61 Å². The minimum Gasteiger partial charge on any atom is -0.463 e. The van der Waals surface area contributed by atoms with Gasteiger partial charge in [0.25, 0.3) is 0 Å². The van der Waals surface area contributed by atoms with Gasteiger partial charge in [0, 0.05) is 6.42 Å². The number of hydrogen-bond acceptors (Lipinski definition) is 6. The monoisotopic (exact) mass is 388 g/mol. The van der Waals surface area contributed by atoms with Crippen molar-refractivity contribution < 1.29 is 29.6 Å². The second-order valence-corrected chi connectivity index (χ2v) is 7.72. The van der Waals surface area contributed by atoms with Crippen molar-refractivity contribution in [1.29, 1.82) is 0 Å². The number of esters is 1. The lowest BCUT2D eigenvalue weighted by Crippen LogP contribution is -2.34. The number of aliphatic hydroxyl groups excluding tert-OH is 3. The van der Waals surface area contributed by atoms with E-state index in [-0.39, 0.29) is 12.6 Å². The molecule has 0 aromatic heterocycles. The number of hydrogen-bond donors (Lipinski definition) is 3. The van der Waals surface area contributed by atoms with Gasteiger partial charge in [-0.15, -0.1) is 0 Å². The SMILES string of the molecule is CCCCCCCCCCCCCCCC(=O)OC[C@H]1O[C@H](O)[C@@H](O)[C@@H]1O. The summed E-state index contributed by atoms with van der Waals surface area (Å²) in [5, 5.41) is 28.3. The van der Waals surface area contributed by atoms with Crippen LogP contribution in [0.25, 0.3) is 0 Å². The summed E-state index contributed by atoms with van der Waals surface area (Å²) >= 11 is 0. The molecule has 0 unspecified atom stereocenters. The highest BCUT2D eigenvalue weighted by Crippen LogP contribution is 2.20. The lowest BCUT2D eigenvalue weighted by molar-refractivity contribution is -0.157. The third kappa shape index (κ3) is 11.0. The molecular formula is C21H40O6. The summed E-state index contributed by atoms with van der Waals surface area (Å²) < 4.78 is 9.99. The summed E-state index contributed by atoms with van der Waals surface area (Å²) in [6.07, 6.45) is 11.8. The van der Waals surface area contributed by atoms with Gasteiger partial charge in [0.15, 0.2) is 6.29 Å². The molecule has 6 heteroatoms. The Morgan fingerprint density at radius 1 is 0.778 bits per heavy atom. The van der Waals surface area contributed by atoms with E-state index in [2.05, 4.69) is 6.92 Å². The number of aliphatic hydroxyl groups is 3. The molecule has 3 N–H and O–H groups in total. The van der Waals surface area contributed by atoms with E-state index < -0.39 is 24.6 Å². The van der Waals surface area contributed by atoms with Crippen LogP contribution in [0.3, 0.4) is 0 Å². The van der Waals surface area contributed by atoms with Gasteiger partial charge in [0.1, 0.15) is 24.9 Å². The first-order chi connectivity index (χ1) is 13.1. The number of carbonyl (C=O) groups is 1. The van der Waals surface area contributed by atoms with Crippen LogP contribution in [-0.2, 0) is 14.3 Å². The zero-order valence-corrected chi connectivity index (χ0v) is 17.0. The molecule has 0 spiro atoms. The van der Waals surface area contributed by atoms with E-state index in [1.54, 1.807) is 0 Å². The molecule has 1 aliphatic heterocycles. The summed E-state index contributed by atoms with van der Waals surface area (Å²) in [7, 11) is 0. The topological polar surface area (TPSA) is 96.2 Å². The molecule has 1 aliphatic rings. The van der Waals surface area contributed by atoms with Crippen LogP contribution in [0.1, 0.15) is 96.8 Å². The van der Waals surface area contributed by atoms with E-state index in [1.165, 1.54) is 64.2 Å². The van der Waals surface area contributed by atoms with Crippen molar-refractivity contribution in [3.05, 3.63) is 0 Å². The quantitative estimate of drug-likeness (QED) is 0.277. The normalized spacial score (nSPS) is 25.0. The first-order valence-electron chi connectivity index (χ1n) is 10.9. The van der Waals surface area contributed by atoms with Gasteiger partial charge in [-0.2, -0.15) is 0 Å². The molecule has 1 saturated heterocycles. The van der Waals surface area contributed by atoms with E-state index in [9.17, 15) is 20.1 Å². The molecule has 4 atom stereocenters. The summed E-state index contributed by atoms with van der Waals surface area (Å²) in [6, 6.07) is 0. The molecule has 0 aromatic carbocycles. The predicted molar refractivity (Wildman–Crippen MR) is 104 cm³/mol. The average Bonchev–Trinajstić information content (AvgIpc) is 2.90. The van der Waals surface area contributed by atoms with Crippen molar-refractivity contribution in [3.8, 4) is 0 Å². The maximum absolute atomic E-state index is 11.7. The minimum atomic E-state index is -1.43. The van der Waals surface area contributed by atoms with Gasteiger partial charge in [-0.1, -0.05) is 84.0 Å². The Hall–Kier alpha value is -0.690. The summed E-state index contributed by atoms with van der Waals surface area (Å²) in [5.41, 5.74) is 0. The lowest BCUT2D eigenvalue weighted by Gasteiger charge is -2.14. The largest absolute Gasteiger partial charge is 0.463 e. The molecule has 6 nitrogen and oxygen atoms in total. The van der Waals surface area contributed by atoms with Crippen molar-refractivity contribution >= 4 is 5.97 Å². The van der Waals surface area contributed by atoms with E-state index >= 15 is 0 Å². The Morgan fingerprint density at radius 2 is 1.26 bits per heavy atom. The van der Waals surface area contributed by atoms with Gasteiger partial charge in [-0.05, 0) is 6.42 Å². The summed E-state index contributed by atoms with van der Waals surface area (Å²) in [6.45, 7) is 2.10. The van der Waals surface area contributed by atoms with Crippen LogP contribution < -0.4 is 0 Å². The number of unbranched alkanes of at least 4 members (excludes halogenated alkanes) is 12. The van der Waals surface area contributed by atoms with Crippen LogP contribution in [0.15, 0.2) is 0 Å². The molecule has 0 saturated carbocycles. The first-order valence-corrected chi connectivity index (χ1v) is 10.9. The van der Waals surface area contributed by atoms with E-state index in [0.29, 0.717) is 6.42 Å². The molecule has 0 bridgehead atoms. The van der Waals surface area contributed by atoms with Gasteiger partial charge in [-0.3, -0.25) is 4.79 Å². The fourth-order valence-electron chi connectivity index (χ4n) is 3.40. The highest BCUT2D eigenvalue weighted by atomic mass is 16.7. The summed E-state index contributed by atoms with van der Waals surface area (Å²) in [4.78, 5) is 11.7. The van der Waals surface area contributed by atoms with Crippen LogP contribution in [0, 0.1) is 0 Å². The Kier molecular flexibility index (Phi) is 13.8. The maximum atomic E-state index is 11.7. The molecule has 1 rings (SSSR count). The van der Waals surface area contributed by atoms with Crippen LogP contribution in [0.5, 0.6) is 0 Å². The number of rotatable bonds is 16. The van der Waals surface area contributed by atoms with Crippen molar-refractivity contribution in [3.63, 3.8) is 0 Å². The molecule has 0 radical (unpaired) electrons. The zero-order chi connectivity index (χ0) is 19.9. The van der Waals surface area contributed by atoms with E-state index in [0.717, 1.165) is 19.3 Å². The number of ether oxygens (including phenoxy) is 2. The third-order valence-corrected chi connectivity index (χ3v) is 5.23. The van der Waals surface area contributed by atoms with E-state index in [4.69, 9.17) is 9.47 Å². The van der Waals surface area contributed by atoms with Gasteiger partial charge in [0.05, 0.1) is 0 Å². The predicted octanol–water partition coefficient (Wildman–Crippen LogP) is 3.45. The fourth-order valence-corrected chi connectivity index (χ4v) is 3.40. The molecule has 1 heterocycles. The Bertz CT molecular complexity index is 376. The lowest BCUT2D eigenvalue weighted by atomic mass is 10.0. The molecule has 160 valence electrons.